The van der Waals surface area contributed by atoms with Crippen molar-refractivity contribution in [3.8, 4) is 0 Å². The molecule has 1 amide bonds. The number of carbonyl (C=O) groups excluding carboxylic acids is 1. The van der Waals surface area contributed by atoms with Crippen molar-refractivity contribution in [3.05, 3.63) is 16.6 Å². The minimum absolute atomic E-state index is 0. The number of halogens is 2. The number of aromatic nitrogens is 1. The molecule has 1 aromatic rings. The maximum Gasteiger partial charge on any atom is 0.271 e. The van der Waals surface area contributed by atoms with Gasteiger partial charge in [-0.3, -0.25) is 4.79 Å². The fourth-order valence-electron chi connectivity index (χ4n) is 1.75. The van der Waals surface area contributed by atoms with E-state index in [9.17, 15) is 4.79 Å². The van der Waals surface area contributed by atoms with Crippen LogP contribution < -0.4 is 10.6 Å². The average molecular weight is 298 g/mol. The second-order valence-electron chi connectivity index (χ2n) is 3.92. The molecule has 2 heterocycles. The zero-order chi connectivity index (χ0) is 10.7. The number of nitrogens with zero attached hydrogens (tertiary/aromatic N) is 1. The molecule has 2 unspecified atom stereocenters. The third kappa shape index (κ3) is 4.43. The summed E-state index contributed by atoms with van der Waals surface area (Å²) in [5.74, 6) is 0.477. The van der Waals surface area contributed by atoms with Gasteiger partial charge in [0.2, 0.25) is 0 Å². The van der Waals surface area contributed by atoms with Gasteiger partial charge in [0.15, 0.2) is 0 Å². The number of carbonyl (C=O) groups is 1. The van der Waals surface area contributed by atoms with Gasteiger partial charge < -0.3 is 10.6 Å². The van der Waals surface area contributed by atoms with Gasteiger partial charge in [-0.15, -0.1) is 36.2 Å². The van der Waals surface area contributed by atoms with Crippen LogP contribution in [0, 0.1) is 5.92 Å². The van der Waals surface area contributed by atoms with Gasteiger partial charge in [0, 0.05) is 18.0 Å². The van der Waals surface area contributed by atoms with Crippen molar-refractivity contribution in [3.63, 3.8) is 0 Å². The molecule has 4 nitrogen and oxygen atoms in total. The van der Waals surface area contributed by atoms with Gasteiger partial charge in [-0.25, -0.2) is 4.98 Å². The lowest BCUT2D eigenvalue weighted by molar-refractivity contribution is 0.0911. The van der Waals surface area contributed by atoms with Crippen molar-refractivity contribution in [1.82, 2.24) is 15.6 Å². The van der Waals surface area contributed by atoms with Crippen molar-refractivity contribution in [2.24, 2.45) is 5.92 Å². The summed E-state index contributed by atoms with van der Waals surface area (Å²) < 4.78 is 0. The van der Waals surface area contributed by atoms with Crippen LogP contribution in [0.5, 0.6) is 0 Å². The molecule has 1 fully saturated rings. The van der Waals surface area contributed by atoms with Gasteiger partial charge in [-0.1, -0.05) is 6.92 Å². The lowest BCUT2D eigenvalue weighted by Crippen LogP contribution is -2.50. The fourth-order valence-corrected chi connectivity index (χ4v) is 2.28. The van der Waals surface area contributed by atoms with Crippen molar-refractivity contribution in [2.75, 3.05) is 13.1 Å². The van der Waals surface area contributed by atoms with Crippen LogP contribution in [0.3, 0.4) is 0 Å². The number of piperidine rings is 1. The molecule has 17 heavy (non-hydrogen) atoms. The van der Waals surface area contributed by atoms with Gasteiger partial charge in [-0.05, 0) is 18.9 Å². The van der Waals surface area contributed by atoms with E-state index < -0.39 is 0 Å². The Hall–Kier alpha value is -0.360. The molecule has 0 aliphatic carbocycles. The Morgan fingerprint density at radius 3 is 2.94 bits per heavy atom. The van der Waals surface area contributed by atoms with E-state index in [1.807, 2.05) is 0 Å². The smallest absolute Gasteiger partial charge is 0.271 e. The zero-order valence-electron chi connectivity index (χ0n) is 9.51. The Labute approximate surface area is 117 Å². The van der Waals surface area contributed by atoms with E-state index in [4.69, 9.17) is 0 Å². The van der Waals surface area contributed by atoms with Crippen molar-refractivity contribution < 1.29 is 4.79 Å². The topological polar surface area (TPSA) is 54.0 Å². The molecule has 2 atom stereocenters. The summed E-state index contributed by atoms with van der Waals surface area (Å²) in [4.78, 5) is 15.7. The number of nitrogens with one attached hydrogen (secondary N) is 2. The van der Waals surface area contributed by atoms with Crippen LogP contribution in [-0.2, 0) is 0 Å². The first-order chi connectivity index (χ1) is 7.27. The third-order valence-electron chi connectivity index (χ3n) is 2.81. The number of rotatable bonds is 2. The molecule has 7 heteroatoms. The normalized spacial score (nSPS) is 23.1. The van der Waals surface area contributed by atoms with Gasteiger partial charge in [-0.2, -0.15) is 0 Å². The molecular weight excluding hydrogens is 281 g/mol. The molecule has 1 aromatic heterocycles. The van der Waals surface area contributed by atoms with Crippen LogP contribution in [0.1, 0.15) is 23.8 Å². The third-order valence-corrected chi connectivity index (χ3v) is 3.40. The number of thiazole rings is 1. The van der Waals surface area contributed by atoms with Gasteiger partial charge >= 0.3 is 0 Å². The average Bonchev–Trinajstić information content (AvgIpc) is 2.74. The number of hydrogen-bond acceptors (Lipinski definition) is 4. The van der Waals surface area contributed by atoms with E-state index in [0.717, 1.165) is 19.5 Å². The van der Waals surface area contributed by atoms with Crippen molar-refractivity contribution >= 4 is 42.1 Å². The molecule has 0 bridgehead atoms. The molecule has 1 aliphatic heterocycles. The molecule has 0 aromatic carbocycles. The van der Waals surface area contributed by atoms with Crippen molar-refractivity contribution in [1.29, 1.82) is 0 Å². The molecule has 2 rings (SSSR count). The second-order valence-corrected chi connectivity index (χ2v) is 4.64. The van der Waals surface area contributed by atoms with Gasteiger partial charge in [0.1, 0.15) is 5.69 Å². The van der Waals surface area contributed by atoms with Crippen LogP contribution in [0.4, 0.5) is 0 Å². The van der Waals surface area contributed by atoms with Crippen molar-refractivity contribution in [2.45, 2.75) is 19.4 Å². The van der Waals surface area contributed by atoms with Crippen LogP contribution in [0.25, 0.3) is 0 Å². The SMILES string of the molecule is CC1CCNCC1NC(=O)c1cscn1.Cl.Cl. The summed E-state index contributed by atoms with van der Waals surface area (Å²) in [5, 5.41) is 8.07. The molecule has 1 saturated heterocycles. The number of amides is 1. The Kier molecular flexibility index (Phi) is 7.70. The predicted octanol–water partition coefficient (Wildman–Crippen LogP) is 1.71. The minimum atomic E-state index is -0.0585. The summed E-state index contributed by atoms with van der Waals surface area (Å²) in [5.41, 5.74) is 2.20. The predicted molar refractivity (Wildman–Crippen MR) is 74.5 cm³/mol. The van der Waals surface area contributed by atoms with E-state index in [2.05, 4.69) is 22.5 Å². The lowest BCUT2D eigenvalue weighted by Gasteiger charge is -2.29. The highest BCUT2D eigenvalue weighted by Gasteiger charge is 2.23. The van der Waals surface area contributed by atoms with E-state index in [1.165, 1.54) is 11.3 Å². The Balaban J connectivity index is 0.00000128. The van der Waals surface area contributed by atoms with Crippen LogP contribution in [-0.4, -0.2) is 30.0 Å². The highest BCUT2D eigenvalue weighted by molar-refractivity contribution is 7.07. The maximum absolute atomic E-state index is 11.7. The maximum atomic E-state index is 11.7. The summed E-state index contributed by atoms with van der Waals surface area (Å²) >= 11 is 1.44. The Morgan fingerprint density at radius 2 is 2.35 bits per heavy atom. The highest BCUT2D eigenvalue weighted by atomic mass is 35.5. The Bertz CT molecular complexity index is 334. The van der Waals surface area contributed by atoms with Crippen LogP contribution in [0.15, 0.2) is 10.9 Å². The van der Waals surface area contributed by atoms with Crippen LogP contribution in [0.2, 0.25) is 0 Å². The largest absolute Gasteiger partial charge is 0.346 e. The lowest BCUT2D eigenvalue weighted by atomic mass is 9.95. The first-order valence-corrected chi connectivity index (χ1v) is 6.11. The standard InChI is InChI=1S/C10H15N3OS.2ClH/c1-7-2-3-11-4-8(7)13-10(14)9-5-15-6-12-9;;/h5-8,11H,2-4H2,1H3,(H,13,14);2*1H. The van der Waals surface area contributed by atoms with Crippen LogP contribution >= 0.6 is 36.2 Å². The zero-order valence-corrected chi connectivity index (χ0v) is 12.0. The van der Waals surface area contributed by atoms with Gasteiger partial charge in [0.25, 0.3) is 5.91 Å². The highest BCUT2D eigenvalue weighted by Crippen LogP contribution is 2.12. The van der Waals surface area contributed by atoms with E-state index in [0.29, 0.717) is 11.6 Å². The Morgan fingerprint density at radius 1 is 1.59 bits per heavy atom. The molecule has 0 saturated carbocycles. The summed E-state index contributed by atoms with van der Waals surface area (Å²) in [6.07, 6.45) is 1.11. The molecule has 2 N–H and O–H groups in total. The second kappa shape index (κ2) is 7.87. The van der Waals surface area contributed by atoms with E-state index in [1.54, 1.807) is 10.9 Å². The summed E-state index contributed by atoms with van der Waals surface area (Å²) in [7, 11) is 0. The minimum Gasteiger partial charge on any atom is -0.346 e. The first kappa shape index (κ1) is 16.6. The summed E-state index contributed by atoms with van der Waals surface area (Å²) in [6, 6.07) is 0.230. The fraction of sp³-hybridized carbons (Fsp3) is 0.600. The molecular formula is C10H17Cl2N3OS. The first-order valence-electron chi connectivity index (χ1n) is 5.17. The van der Waals surface area contributed by atoms with Gasteiger partial charge in [0.05, 0.1) is 5.51 Å². The monoisotopic (exact) mass is 297 g/mol. The van der Waals surface area contributed by atoms with E-state index >= 15 is 0 Å². The van der Waals surface area contributed by atoms with E-state index in [-0.39, 0.29) is 36.8 Å². The molecule has 1 aliphatic rings. The molecule has 0 radical (unpaired) electrons. The quantitative estimate of drug-likeness (QED) is 0.874. The molecule has 98 valence electrons. The summed E-state index contributed by atoms with van der Waals surface area (Å²) in [6.45, 7) is 4.08. The molecule has 0 spiro atoms. The number of hydrogen-bond donors (Lipinski definition) is 2.